The number of hydrogen-bond donors (Lipinski definition) is 1. The Bertz CT molecular complexity index is 1480. The molecule has 1 unspecified atom stereocenters. The molecule has 1 atom stereocenters. The van der Waals surface area contributed by atoms with E-state index in [0.717, 1.165) is 41.1 Å². The number of alkyl halides is 3. The molecule has 1 fully saturated rings. The van der Waals surface area contributed by atoms with E-state index in [1.165, 1.54) is 6.07 Å². The molecule has 0 saturated heterocycles. The largest absolute Gasteiger partial charge is 0.491 e. The first kappa shape index (κ1) is 21.6. The molecule has 35 heavy (non-hydrogen) atoms. The fourth-order valence-electron chi connectivity index (χ4n) is 4.73. The summed E-state index contributed by atoms with van der Waals surface area (Å²) in [4.78, 5) is 24.2. The minimum absolute atomic E-state index is 0.119. The van der Waals surface area contributed by atoms with Gasteiger partial charge in [-0.15, -0.1) is 0 Å². The van der Waals surface area contributed by atoms with Crippen LogP contribution in [0.3, 0.4) is 0 Å². The highest BCUT2D eigenvalue weighted by Gasteiger charge is 2.39. The second-order valence-corrected chi connectivity index (χ2v) is 9.13. The van der Waals surface area contributed by atoms with Gasteiger partial charge in [-0.05, 0) is 55.2 Å². The molecule has 9 heteroatoms. The van der Waals surface area contributed by atoms with Crippen molar-refractivity contribution < 1.29 is 22.7 Å². The zero-order valence-corrected chi connectivity index (χ0v) is 18.5. The third-order valence-electron chi connectivity index (χ3n) is 6.76. The number of nitrogen functional groups attached to an aromatic ring is 1. The highest BCUT2D eigenvalue weighted by molar-refractivity contribution is 6.11. The number of amides is 1. The van der Waals surface area contributed by atoms with Crippen LogP contribution in [-0.2, 0) is 6.18 Å². The molecule has 178 valence electrons. The summed E-state index contributed by atoms with van der Waals surface area (Å²) in [6, 6.07) is 10.1. The number of halogens is 3. The van der Waals surface area contributed by atoms with E-state index in [2.05, 4.69) is 9.97 Å². The number of carbonyl (C=O) groups excluding carboxylic acids is 1. The van der Waals surface area contributed by atoms with Gasteiger partial charge in [0.1, 0.15) is 18.2 Å². The summed E-state index contributed by atoms with van der Waals surface area (Å²) in [5, 5.41) is 2.32. The third kappa shape index (κ3) is 3.80. The van der Waals surface area contributed by atoms with Gasteiger partial charge >= 0.3 is 6.18 Å². The van der Waals surface area contributed by atoms with Crippen molar-refractivity contribution in [2.75, 3.05) is 18.9 Å². The highest BCUT2D eigenvalue weighted by atomic mass is 19.4. The first-order valence-electron chi connectivity index (χ1n) is 11.4. The highest BCUT2D eigenvalue weighted by Crippen LogP contribution is 2.42. The van der Waals surface area contributed by atoms with Crippen LogP contribution in [-0.4, -0.2) is 33.9 Å². The number of rotatable bonds is 4. The van der Waals surface area contributed by atoms with Crippen LogP contribution in [0.15, 0.2) is 54.9 Å². The maximum absolute atomic E-state index is 13.8. The van der Waals surface area contributed by atoms with E-state index in [1.807, 2.05) is 0 Å². The van der Waals surface area contributed by atoms with E-state index < -0.39 is 17.8 Å². The molecule has 3 heterocycles. The molecule has 1 aliphatic heterocycles. The van der Waals surface area contributed by atoms with Gasteiger partial charge in [0.05, 0.1) is 17.1 Å². The van der Waals surface area contributed by atoms with Crippen molar-refractivity contribution in [1.82, 2.24) is 14.9 Å². The molecule has 1 saturated carbocycles. The van der Waals surface area contributed by atoms with Crippen molar-refractivity contribution in [3.05, 3.63) is 71.5 Å². The zero-order valence-electron chi connectivity index (χ0n) is 18.5. The van der Waals surface area contributed by atoms with Crippen LogP contribution >= 0.6 is 0 Å². The first-order valence-corrected chi connectivity index (χ1v) is 11.4. The number of carbonyl (C=O) groups is 1. The summed E-state index contributed by atoms with van der Waals surface area (Å²) in [6.07, 6.45) is 0.925. The molecular weight excluding hydrogens is 457 g/mol. The lowest BCUT2D eigenvalue weighted by Gasteiger charge is -2.29. The Kier molecular flexibility index (Phi) is 4.84. The Balaban J connectivity index is 1.40. The van der Waals surface area contributed by atoms with Crippen molar-refractivity contribution >= 4 is 33.4 Å². The monoisotopic (exact) mass is 478 g/mol. The molecule has 1 amide bonds. The van der Waals surface area contributed by atoms with E-state index in [9.17, 15) is 18.0 Å². The van der Waals surface area contributed by atoms with Crippen molar-refractivity contribution in [2.24, 2.45) is 5.92 Å². The fraction of sp³-hybridized carbons (Fsp3) is 0.269. The second-order valence-electron chi connectivity index (χ2n) is 9.13. The number of nitrogens with zero attached hydrogens (tertiary/aromatic N) is 3. The lowest BCUT2D eigenvalue weighted by molar-refractivity contribution is -0.137. The summed E-state index contributed by atoms with van der Waals surface area (Å²) in [5.41, 5.74) is 7.05. The lowest BCUT2D eigenvalue weighted by atomic mass is 10.0. The van der Waals surface area contributed by atoms with Gasteiger partial charge in [0, 0.05) is 46.2 Å². The molecule has 4 aromatic rings. The molecule has 2 N–H and O–H groups in total. The Morgan fingerprint density at radius 1 is 1.09 bits per heavy atom. The van der Waals surface area contributed by atoms with Crippen LogP contribution in [0.4, 0.5) is 19.0 Å². The predicted octanol–water partition coefficient (Wildman–Crippen LogP) is 5.37. The minimum atomic E-state index is -4.46. The molecule has 0 radical (unpaired) electrons. The number of anilines is 1. The lowest BCUT2D eigenvalue weighted by Crippen LogP contribution is -2.37. The Morgan fingerprint density at radius 2 is 1.91 bits per heavy atom. The summed E-state index contributed by atoms with van der Waals surface area (Å²) >= 11 is 0. The van der Waals surface area contributed by atoms with Gasteiger partial charge in [-0.25, -0.2) is 4.98 Å². The first-order chi connectivity index (χ1) is 16.8. The van der Waals surface area contributed by atoms with E-state index >= 15 is 0 Å². The van der Waals surface area contributed by atoms with Gasteiger partial charge < -0.3 is 15.4 Å². The van der Waals surface area contributed by atoms with Gasteiger partial charge in [0.25, 0.3) is 5.91 Å². The van der Waals surface area contributed by atoms with Gasteiger partial charge in [-0.3, -0.25) is 9.78 Å². The van der Waals surface area contributed by atoms with Gasteiger partial charge in [-0.2, -0.15) is 13.2 Å². The summed E-state index contributed by atoms with van der Waals surface area (Å²) in [6.45, 7) is 0.640. The number of ether oxygens (including phenoxy) is 1. The fourth-order valence-corrected chi connectivity index (χ4v) is 4.73. The van der Waals surface area contributed by atoms with E-state index in [-0.39, 0.29) is 18.3 Å². The Hall–Kier alpha value is -3.88. The molecule has 1 aliphatic carbocycles. The van der Waals surface area contributed by atoms with Crippen LogP contribution in [0.1, 0.15) is 40.4 Å². The van der Waals surface area contributed by atoms with Crippen molar-refractivity contribution in [3.8, 4) is 5.75 Å². The molecule has 6 rings (SSSR count). The van der Waals surface area contributed by atoms with Gasteiger partial charge in [0.2, 0.25) is 0 Å². The number of nitrogens with two attached hydrogens (primary N) is 1. The van der Waals surface area contributed by atoms with Crippen LogP contribution in [0.5, 0.6) is 5.75 Å². The molecule has 0 spiro atoms. The number of pyridine rings is 2. The zero-order chi connectivity index (χ0) is 24.3. The topological polar surface area (TPSA) is 81.3 Å². The smallest absolute Gasteiger partial charge is 0.416 e. The number of benzene rings is 2. The molecule has 0 bridgehead atoms. The predicted molar refractivity (Wildman–Crippen MR) is 125 cm³/mol. The number of aromatic nitrogens is 2. The van der Waals surface area contributed by atoms with Crippen LogP contribution in [0, 0.1) is 5.92 Å². The summed E-state index contributed by atoms with van der Waals surface area (Å²) in [5.74, 6) is 0.745. The molecule has 2 aromatic heterocycles. The third-order valence-corrected chi connectivity index (χ3v) is 6.76. The van der Waals surface area contributed by atoms with E-state index in [0.29, 0.717) is 34.9 Å². The number of fused-ring (bicyclic) bond motifs is 4. The van der Waals surface area contributed by atoms with Crippen molar-refractivity contribution in [3.63, 3.8) is 0 Å². The van der Waals surface area contributed by atoms with Gasteiger partial charge in [-0.1, -0.05) is 6.07 Å². The Morgan fingerprint density at radius 3 is 2.69 bits per heavy atom. The van der Waals surface area contributed by atoms with Gasteiger partial charge in [0.15, 0.2) is 0 Å². The molecule has 6 nitrogen and oxygen atoms in total. The average molecular weight is 478 g/mol. The minimum Gasteiger partial charge on any atom is -0.491 e. The summed E-state index contributed by atoms with van der Waals surface area (Å²) < 4.78 is 45.1. The average Bonchev–Trinajstić information content (AvgIpc) is 3.58. The van der Waals surface area contributed by atoms with E-state index in [1.54, 1.807) is 41.6 Å². The standard InChI is InChI=1S/C26H21F3N4O2/c27-26(28,29)16-4-5-18-22(13-35-23(18)10-16)33(12-14-1-2-14)25(34)15-3-6-21-19(9-15)20-11-31-8-7-17(20)24(30)32-21/h3-11,14,22H,1-2,12-13H2,(H2,30,32). The Labute approximate surface area is 198 Å². The SMILES string of the molecule is Nc1nc2ccc(C(=O)N(CC3CC3)C3COc4cc(C(F)(F)F)ccc43)cc2c2cnccc12. The van der Waals surface area contributed by atoms with E-state index in [4.69, 9.17) is 10.5 Å². The maximum atomic E-state index is 13.8. The maximum Gasteiger partial charge on any atom is 0.416 e. The summed E-state index contributed by atoms with van der Waals surface area (Å²) in [7, 11) is 0. The second kappa shape index (κ2) is 7.83. The normalized spacial score (nSPS) is 17.4. The van der Waals surface area contributed by atoms with Crippen LogP contribution in [0.25, 0.3) is 21.7 Å². The molecular formula is C26H21F3N4O2. The van der Waals surface area contributed by atoms with Crippen molar-refractivity contribution in [1.29, 1.82) is 0 Å². The van der Waals surface area contributed by atoms with Crippen molar-refractivity contribution in [2.45, 2.75) is 25.1 Å². The van der Waals surface area contributed by atoms with Crippen LogP contribution in [0.2, 0.25) is 0 Å². The number of hydrogen-bond acceptors (Lipinski definition) is 5. The molecule has 2 aliphatic rings. The molecule has 2 aromatic carbocycles. The van der Waals surface area contributed by atoms with Crippen LogP contribution < -0.4 is 10.5 Å². The quantitative estimate of drug-likeness (QED) is 0.399.